The number of nitrogens with zero attached hydrogens (tertiary/aromatic N) is 5. The number of pyridine rings is 1. The molecule has 0 aromatic carbocycles. The fraction of sp³-hybridized carbons (Fsp3) is 0.615. The molecule has 0 amide bonds. The maximum atomic E-state index is 8.86. The molecule has 4 rings (SSSR count). The second kappa shape index (κ2) is 12.4. The molecule has 2 fully saturated rings. The van der Waals surface area contributed by atoms with E-state index in [4.69, 9.17) is 24.9 Å². The monoisotopic (exact) mass is 496 g/mol. The molecule has 1 aliphatic heterocycles. The van der Waals surface area contributed by atoms with Crippen molar-refractivity contribution in [2.75, 3.05) is 74.8 Å². The van der Waals surface area contributed by atoms with Gasteiger partial charge in [0.1, 0.15) is 17.2 Å². The number of hydrogen-bond donors (Lipinski definition) is 3. The number of aromatic nitrogens is 3. The molecule has 36 heavy (non-hydrogen) atoms. The molecule has 1 aliphatic carbocycles. The average Bonchev–Trinajstić information content (AvgIpc) is 3.69. The van der Waals surface area contributed by atoms with Crippen LogP contribution in [0.4, 0.5) is 23.3 Å². The van der Waals surface area contributed by atoms with Crippen LogP contribution in [0.5, 0.6) is 0 Å². The van der Waals surface area contributed by atoms with E-state index in [1.807, 2.05) is 33.0 Å². The summed E-state index contributed by atoms with van der Waals surface area (Å²) in [6.07, 6.45) is 4.32. The van der Waals surface area contributed by atoms with Gasteiger partial charge in [-0.25, -0.2) is 9.97 Å². The first kappa shape index (κ1) is 26.2. The van der Waals surface area contributed by atoms with Crippen molar-refractivity contribution >= 4 is 29.0 Å². The Labute approximate surface area is 214 Å². The van der Waals surface area contributed by atoms with Crippen LogP contribution in [0.1, 0.15) is 37.9 Å². The van der Waals surface area contributed by atoms with E-state index in [0.29, 0.717) is 54.8 Å². The van der Waals surface area contributed by atoms with Crippen LogP contribution in [0.15, 0.2) is 18.3 Å². The summed E-state index contributed by atoms with van der Waals surface area (Å²) in [6, 6.07) is 4.28. The molecule has 0 radical (unpaired) electrons. The van der Waals surface area contributed by atoms with E-state index >= 15 is 0 Å². The Kier molecular flexibility index (Phi) is 9.06. The smallest absolute Gasteiger partial charge is 0.228 e. The third-order valence-corrected chi connectivity index (χ3v) is 6.43. The molecule has 1 saturated carbocycles. The molecule has 0 spiro atoms. The van der Waals surface area contributed by atoms with Gasteiger partial charge in [-0.3, -0.25) is 0 Å². The second-order valence-corrected chi connectivity index (χ2v) is 9.77. The zero-order valence-electron chi connectivity index (χ0n) is 22.0. The van der Waals surface area contributed by atoms with Crippen LogP contribution in [-0.2, 0) is 9.47 Å². The molecule has 2 aromatic heterocycles. The molecule has 3 heterocycles. The van der Waals surface area contributed by atoms with E-state index in [-0.39, 0.29) is 6.61 Å². The lowest BCUT2D eigenvalue weighted by Crippen LogP contribution is -2.50. The van der Waals surface area contributed by atoms with Crippen molar-refractivity contribution < 1.29 is 9.47 Å². The Morgan fingerprint density at radius 3 is 2.86 bits per heavy atom. The number of piperazine rings is 1. The summed E-state index contributed by atoms with van der Waals surface area (Å²) in [7, 11) is 2.00. The Bertz CT molecular complexity index is 1030. The summed E-state index contributed by atoms with van der Waals surface area (Å²) in [4.78, 5) is 18.7. The molecule has 2 aromatic rings. The number of aryl methyl sites for hydroxylation is 1. The van der Waals surface area contributed by atoms with Gasteiger partial charge in [-0.1, -0.05) is 0 Å². The maximum absolute atomic E-state index is 8.86. The molecule has 1 atom stereocenters. The Morgan fingerprint density at radius 2 is 2.14 bits per heavy atom. The molecular weight excluding hydrogens is 456 g/mol. The molecule has 1 saturated heterocycles. The number of nitrogens with one attached hydrogen (secondary N) is 3. The van der Waals surface area contributed by atoms with Gasteiger partial charge in [0.2, 0.25) is 5.95 Å². The fourth-order valence-electron chi connectivity index (χ4n) is 4.20. The van der Waals surface area contributed by atoms with Crippen molar-refractivity contribution in [1.82, 2.24) is 20.3 Å². The normalized spacial score (nSPS) is 17.8. The van der Waals surface area contributed by atoms with Crippen molar-refractivity contribution in [3.05, 3.63) is 29.6 Å². The number of rotatable bonds is 13. The maximum Gasteiger partial charge on any atom is 0.228 e. The van der Waals surface area contributed by atoms with Crippen molar-refractivity contribution in [2.45, 2.75) is 39.7 Å². The van der Waals surface area contributed by atoms with E-state index in [9.17, 15) is 0 Å². The topological polar surface area (TPSA) is 112 Å². The summed E-state index contributed by atoms with van der Waals surface area (Å²) in [5, 5.41) is 15.8. The second-order valence-electron chi connectivity index (χ2n) is 9.77. The van der Waals surface area contributed by atoms with Crippen LogP contribution in [0.25, 0.3) is 0 Å². The molecule has 10 heteroatoms. The first-order chi connectivity index (χ1) is 17.4. The zero-order chi connectivity index (χ0) is 25.5. The lowest BCUT2D eigenvalue weighted by Gasteiger charge is -2.33. The highest BCUT2D eigenvalue weighted by atomic mass is 16.5. The summed E-state index contributed by atoms with van der Waals surface area (Å²) < 4.78 is 11.5. The van der Waals surface area contributed by atoms with E-state index in [1.54, 1.807) is 6.20 Å². The van der Waals surface area contributed by atoms with Gasteiger partial charge < -0.3 is 35.3 Å². The summed E-state index contributed by atoms with van der Waals surface area (Å²) >= 11 is 0. The summed E-state index contributed by atoms with van der Waals surface area (Å²) in [5.41, 5.74) is 2.75. The van der Waals surface area contributed by atoms with Gasteiger partial charge in [-0.05, 0) is 57.2 Å². The first-order valence-corrected chi connectivity index (χ1v) is 13.0. The molecule has 2 aliphatic rings. The van der Waals surface area contributed by atoms with Crippen LogP contribution in [0, 0.1) is 18.3 Å². The van der Waals surface area contributed by atoms with Gasteiger partial charge in [0, 0.05) is 58.7 Å². The highest BCUT2D eigenvalue weighted by Crippen LogP contribution is 2.32. The van der Waals surface area contributed by atoms with E-state index < -0.39 is 0 Å². The summed E-state index contributed by atoms with van der Waals surface area (Å²) in [5.74, 6) is 2.66. The predicted octanol–water partition coefficient (Wildman–Crippen LogP) is 2.99. The molecule has 1 unspecified atom stereocenters. The number of anilines is 4. The van der Waals surface area contributed by atoms with Crippen molar-refractivity contribution in [3.63, 3.8) is 0 Å². The Morgan fingerprint density at radius 1 is 1.31 bits per heavy atom. The van der Waals surface area contributed by atoms with Gasteiger partial charge in [0.25, 0.3) is 0 Å². The van der Waals surface area contributed by atoms with Gasteiger partial charge in [-0.2, -0.15) is 4.98 Å². The van der Waals surface area contributed by atoms with E-state index in [1.165, 1.54) is 12.8 Å². The average molecular weight is 497 g/mol. The molecule has 196 valence electrons. The standard InChI is InChI=1S/C26H40N8O2/c1-5-35-17-21(27)23-24(33(4)12-13-36-16-20-6-7-20)25(30-22-14-18(2)8-9-29-22)32-26(31-23)34-11-10-28-19(3)15-34/h8-9,14,19-20,27-28H,5-7,10-13,15-17H2,1-4H3,(H,29,30,31,32). The molecule has 10 nitrogen and oxygen atoms in total. The van der Waals surface area contributed by atoms with E-state index in [2.05, 4.69) is 32.3 Å². The summed E-state index contributed by atoms with van der Waals surface area (Å²) in [6.45, 7) is 11.4. The van der Waals surface area contributed by atoms with Crippen LogP contribution in [0.2, 0.25) is 0 Å². The lowest BCUT2D eigenvalue weighted by molar-refractivity contribution is 0.131. The first-order valence-electron chi connectivity index (χ1n) is 13.0. The third kappa shape index (κ3) is 7.11. The van der Waals surface area contributed by atoms with Gasteiger partial charge in [0.05, 0.1) is 18.9 Å². The largest absolute Gasteiger partial charge is 0.379 e. The highest BCUT2D eigenvalue weighted by molar-refractivity contribution is 6.04. The Balaban J connectivity index is 1.70. The fourth-order valence-corrected chi connectivity index (χ4v) is 4.20. The number of hydrogen-bond acceptors (Lipinski definition) is 10. The van der Waals surface area contributed by atoms with Crippen LogP contribution in [0.3, 0.4) is 0 Å². The van der Waals surface area contributed by atoms with Gasteiger partial charge in [-0.15, -0.1) is 0 Å². The zero-order valence-corrected chi connectivity index (χ0v) is 22.0. The quantitative estimate of drug-likeness (QED) is 0.285. The van der Waals surface area contributed by atoms with Crippen molar-refractivity contribution in [3.8, 4) is 0 Å². The molecule has 0 bridgehead atoms. The Hall–Kier alpha value is -2.82. The predicted molar refractivity (Wildman–Crippen MR) is 144 cm³/mol. The van der Waals surface area contributed by atoms with Crippen molar-refractivity contribution in [1.29, 1.82) is 5.41 Å². The minimum atomic E-state index is 0.187. The van der Waals surface area contributed by atoms with Crippen LogP contribution in [-0.4, -0.2) is 86.4 Å². The van der Waals surface area contributed by atoms with Crippen LogP contribution < -0.4 is 20.4 Å². The van der Waals surface area contributed by atoms with Gasteiger partial charge >= 0.3 is 0 Å². The van der Waals surface area contributed by atoms with Crippen molar-refractivity contribution in [2.24, 2.45) is 5.92 Å². The van der Waals surface area contributed by atoms with E-state index in [0.717, 1.165) is 43.4 Å². The highest BCUT2D eigenvalue weighted by Gasteiger charge is 2.26. The number of likely N-dealkylation sites (N-methyl/N-ethyl adjacent to an activating group) is 1. The number of ether oxygens (including phenoxy) is 2. The third-order valence-electron chi connectivity index (χ3n) is 6.43. The van der Waals surface area contributed by atoms with Crippen LogP contribution >= 0.6 is 0 Å². The minimum Gasteiger partial charge on any atom is -0.379 e. The lowest BCUT2D eigenvalue weighted by atomic mass is 10.2. The SMILES string of the molecule is CCOCC(=N)c1nc(N2CCNC(C)C2)nc(Nc2cc(C)ccn2)c1N(C)CCOCC1CC1. The molecular formula is C26H40N8O2. The van der Waals surface area contributed by atoms with Gasteiger partial charge in [0.15, 0.2) is 5.82 Å². The minimum absolute atomic E-state index is 0.187. The molecule has 3 N–H and O–H groups in total.